The number of nitrogens with zero attached hydrogens (tertiary/aromatic N) is 2. The van der Waals surface area contributed by atoms with Crippen LogP contribution in [0.5, 0.6) is 5.75 Å². The Hall–Kier alpha value is -3.28. The van der Waals surface area contributed by atoms with Crippen LogP contribution >= 0.6 is 0 Å². The molecule has 0 saturated heterocycles. The Balaban J connectivity index is 1.51. The zero-order valence-electron chi connectivity index (χ0n) is 16.3. The summed E-state index contributed by atoms with van der Waals surface area (Å²) in [6, 6.07) is 12.0. The molecule has 0 fully saturated rings. The Morgan fingerprint density at radius 1 is 1.18 bits per heavy atom. The van der Waals surface area contributed by atoms with Gasteiger partial charge in [-0.05, 0) is 61.2 Å². The van der Waals surface area contributed by atoms with Crippen LogP contribution in [0.3, 0.4) is 0 Å². The van der Waals surface area contributed by atoms with Crippen LogP contribution in [-0.2, 0) is 6.42 Å². The van der Waals surface area contributed by atoms with Crippen molar-refractivity contribution in [1.29, 1.82) is 5.41 Å². The highest BCUT2D eigenvalue weighted by molar-refractivity contribution is 6.23. The molecule has 0 unspecified atom stereocenters. The second kappa shape index (κ2) is 7.03. The third-order valence-corrected chi connectivity index (χ3v) is 5.35. The van der Waals surface area contributed by atoms with E-state index in [4.69, 9.17) is 10.1 Å². The largest absolute Gasteiger partial charge is 0.510 e. The molecule has 0 saturated carbocycles. The van der Waals surface area contributed by atoms with Crippen LogP contribution in [0.4, 0.5) is 0 Å². The summed E-state index contributed by atoms with van der Waals surface area (Å²) in [7, 11) is 1.65. The van der Waals surface area contributed by atoms with Gasteiger partial charge in [-0.15, -0.1) is 0 Å². The van der Waals surface area contributed by atoms with Crippen molar-refractivity contribution in [2.75, 3.05) is 20.2 Å². The number of aromatic nitrogens is 2. The fourth-order valence-electron chi connectivity index (χ4n) is 3.52. The van der Waals surface area contributed by atoms with Gasteiger partial charge in [-0.25, -0.2) is 4.98 Å². The monoisotopic (exact) mass is 376 g/mol. The third kappa shape index (κ3) is 3.22. The first-order valence-electron chi connectivity index (χ1n) is 9.32. The fraction of sp³-hybridized carbons (Fsp3) is 0.273. The molecular weight excluding hydrogens is 352 g/mol. The number of fused-ring (bicyclic) bond motifs is 1. The minimum absolute atomic E-state index is 0.187. The molecule has 6 heteroatoms. The molecule has 1 aromatic heterocycles. The quantitative estimate of drug-likeness (QED) is 0.628. The predicted molar refractivity (Wildman–Crippen MR) is 111 cm³/mol. The summed E-state index contributed by atoms with van der Waals surface area (Å²) in [5.41, 5.74) is 5.78. The van der Waals surface area contributed by atoms with Crippen molar-refractivity contribution < 1.29 is 9.84 Å². The minimum atomic E-state index is 0.187. The molecule has 144 valence electrons. The molecule has 0 spiro atoms. The summed E-state index contributed by atoms with van der Waals surface area (Å²) >= 11 is 0. The molecule has 3 aromatic rings. The zero-order valence-corrected chi connectivity index (χ0v) is 16.3. The predicted octanol–water partition coefficient (Wildman–Crippen LogP) is 3.99. The maximum atomic E-state index is 10.5. The van der Waals surface area contributed by atoms with E-state index in [-0.39, 0.29) is 5.76 Å². The molecule has 4 rings (SSSR count). The number of aromatic amines is 1. The number of aryl methyl sites for hydroxylation is 2. The number of rotatable bonds is 5. The van der Waals surface area contributed by atoms with Crippen molar-refractivity contribution in [2.45, 2.75) is 20.3 Å². The van der Waals surface area contributed by atoms with Crippen LogP contribution in [0.2, 0.25) is 0 Å². The number of aliphatic hydroxyl groups is 1. The highest BCUT2D eigenvalue weighted by atomic mass is 16.5. The molecule has 2 aromatic carbocycles. The van der Waals surface area contributed by atoms with Crippen molar-refractivity contribution in [3.05, 3.63) is 64.7 Å². The van der Waals surface area contributed by atoms with Crippen molar-refractivity contribution in [1.82, 2.24) is 14.9 Å². The lowest BCUT2D eigenvalue weighted by Crippen LogP contribution is -2.29. The number of methoxy groups -OCH3 is 1. The molecule has 0 atom stereocenters. The van der Waals surface area contributed by atoms with Gasteiger partial charge in [-0.3, -0.25) is 5.41 Å². The van der Waals surface area contributed by atoms with Crippen LogP contribution in [0.25, 0.3) is 16.6 Å². The average Bonchev–Trinajstić information content (AvgIpc) is 3.20. The summed E-state index contributed by atoms with van der Waals surface area (Å²) in [4.78, 5) is 9.75. The maximum absolute atomic E-state index is 10.5. The lowest BCUT2D eigenvalue weighted by atomic mass is 10.1. The Kier molecular flexibility index (Phi) is 4.55. The Bertz CT molecular complexity index is 1040. The number of hydrogen-bond acceptors (Lipinski definition) is 4. The van der Waals surface area contributed by atoms with Gasteiger partial charge in [0.1, 0.15) is 23.2 Å². The van der Waals surface area contributed by atoms with Crippen LogP contribution in [0.15, 0.2) is 42.2 Å². The van der Waals surface area contributed by atoms with Gasteiger partial charge in [0.15, 0.2) is 0 Å². The van der Waals surface area contributed by atoms with E-state index in [0.717, 1.165) is 28.8 Å². The fourth-order valence-corrected chi connectivity index (χ4v) is 3.52. The third-order valence-electron chi connectivity index (χ3n) is 5.35. The molecule has 28 heavy (non-hydrogen) atoms. The van der Waals surface area contributed by atoms with E-state index in [0.29, 0.717) is 30.3 Å². The van der Waals surface area contributed by atoms with Crippen LogP contribution in [0, 0.1) is 19.3 Å². The minimum Gasteiger partial charge on any atom is -0.510 e. The molecule has 0 amide bonds. The number of amidine groups is 1. The van der Waals surface area contributed by atoms with Crippen LogP contribution in [-0.4, -0.2) is 46.0 Å². The lowest BCUT2D eigenvalue weighted by Gasteiger charge is -2.18. The standard InChI is InChI=1S/C22H24N4O2/c1-13-10-17-18(11-14(13)2)25-22(24-17)20-19(27)12-26(21(20)23)9-8-15-4-6-16(28-3)7-5-15/h4-7,10-11,23,27H,8-9,12H2,1-3H3,(H,24,25). The van der Waals surface area contributed by atoms with Gasteiger partial charge in [0.2, 0.25) is 0 Å². The number of aliphatic hydroxyl groups excluding tert-OH is 1. The Morgan fingerprint density at radius 3 is 2.61 bits per heavy atom. The SMILES string of the molecule is COc1ccc(CCN2CC(O)=C(c3nc4cc(C)c(C)cc4[nH]3)C2=N)cc1. The van der Waals surface area contributed by atoms with Gasteiger partial charge < -0.3 is 19.7 Å². The van der Waals surface area contributed by atoms with E-state index in [2.05, 4.69) is 29.9 Å². The Morgan fingerprint density at radius 2 is 1.89 bits per heavy atom. The number of nitrogens with one attached hydrogen (secondary N) is 2. The molecule has 6 nitrogen and oxygen atoms in total. The van der Waals surface area contributed by atoms with Gasteiger partial charge in [0.05, 0.1) is 30.3 Å². The number of benzene rings is 2. The Labute approximate surface area is 164 Å². The molecule has 0 radical (unpaired) electrons. The van der Waals surface area contributed by atoms with Gasteiger partial charge in [0.25, 0.3) is 0 Å². The first-order chi connectivity index (χ1) is 13.5. The van der Waals surface area contributed by atoms with Crippen LogP contribution < -0.4 is 4.74 Å². The van der Waals surface area contributed by atoms with Gasteiger partial charge >= 0.3 is 0 Å². The molecule has 1 aliphatic rings. The summed E-state index contributed by atoms with van der Waals surface area (Å²) in [6.07, 6.45) is 0.783. The smallest absolute Gasteiger partial charge is 0.145 e. The van der Waals surface area contributed by atoms with E-state index in [1.807, 2.05) is 35.2 Å². The summed E-state index contributed by atoms with van der Waals surface area (Å²) < 4.78 is 5.19. The number of H-pyrrole nitrogens is 1. The van der Waals surface area contributed by atoms with E-state index >= 15 is 0 Å². The highest BCUT2D eigenvalue weighted by Gasteiger charge is 2.30. The molecular formula is C22H24N4O2. The normalized spacial score (nSPS) is 14.4. The van der Waals surface area contributed by atoms with E-state index in [1.54, 1.807) is 7.11 Å². The average molecular weight is 376 g/mol. The van der Waals surface area contributed by atoms with Crippen molar-refractivity contribution >= 4 is 22.4 Å². The molecule has 2 heterocycles. The second-order valence-electron chi connectivity index (χ2n) is 7.23. The van der Waals surface area contributed by atoms with Crippen molar-refractivity contribution in [3.8, 4) is 5.75 Å². The zero-order chi connectivity index (χ0) is 19.8. The summed E-state index contributed by atoms with van der Waals surface area (Å²) in [5.74, 6) is 1.87. The molecule has 3 N–H and O–H groups in total. The first kappa shape index (κ1) is 18.1. The molecule has 1 aliphatic heterocycles. The van der Waals surface area contributed by atoms with Gasteiger partial charge in [0, 0.05) is 6.54 Å². The van der Waals surface area contributed by atoms with E-state index in [1.165, 1.54) is 11.1 Å². The second-order valence-corrected chi connectivity index (χ2v) is 7.23. The van der Waals surface area contributed by atoms with Gasteiger partial charge in [-0.1, -0.05) is 12.1 Å². The molecule has 0 bridgehead atoms. The van der Waals surface area contributed by atoms with E-state index < -0.39 is 0 Å². The number of ether oxygens (including phenoxy) is 1. The van der Waals surface area contributed by atoms with Gasteiger partial charge in [-0.2, -0.15) is 0 Å². The summed E-state index contributed by atoms with van der Waals surface area (Å²) in [6.45, 7) is 5.10. The van der Waals surface area contributed by atoms with Crippen LogP contribution in [0.1, 0.15) is 22.5 Å². The summed E-state index contributed by atoms with van der Waals surface area (Å²) in [5, 5.41) is 19.1. The number of hydrogen-bond donors (Lipinski definition) is 3. The van der Waals surface area contributed by atoms with Crippen molar-refractivity contribution in [2.24, 2.45) is 0 Å². The highest BCUT2D eigenvalue weighted by Crippen LogP contribution is 2.28. The topological polar surface area (TPSA) is 85.2 Å². The molecule has 0 aliphatic carbocycles. The number of imidazole rings is 1. The van der Waals surface area contributed by atoms with Crippen molar-refractivity contribution in [3.63, 3.8) is 0 Å². The maximum Gasteiger partial charge on any atom is 0.145 e. The van der Waals surface area contributed by atoms with E-state index in [9.17, 15) is 5.11 Å². The lowest BCUT2D eigenvalue weighted by molar-refractivity contribution is 0.351. The first-order valence-corrected chi connectivity index (χ1v) is 9.32.